The maximum atomic E-state index is 12.8. The van der Waals surface area contributed by atoms with E-state index in [2.05, 4.69) is 26.1 Å². The molecule has 0 atom stereocenters. The second-order valence-electron chi connectivity index (χ2n) is 2.97. The summed E-state index contributed by atoms with van der Waals surface area (Å²) < 4.78 is 13.5. The Morgan fingerprint density at radius 3 is 2.53 bits per heavy atom. The van der Waals surface area contributed by atoms with Crippen molar-refractivity contribution in [1.82, 2.24) is 10.2 Å². The summed E-state index contributed by atoms with van der Waals surface area (Å²) >= 11 is 3.26. The van der Waals surface area contributed by atoms with Crippen LogP contribution in [0.2, 0.25) is 0 Å². The van der Waals surface area contributed by atoms with Crippen molar-refractivity contribution in [2.24, 2.45) is 0 Å². The molecular formula is C10H7BrFN3. The van der Waals surface area contributed by atoms with E-state index >= 15 is 0 Å². The van der Waals surface area contributed by atoms with Gasteiger partial charge in [-0.05, 0) is 46.3 Å². The fourth-order valence-electron chi connectivity index (χ4n) is 1.18. The Labute approximate surface area is 94.3 Å². The lowest BCUT2D eigenvalue weighted by molar-refractivity contribution is 0.627. The second-order valence-corrected chi connectivity index (χ2v) is 3.82. The van der Waals surface area contributed by atoms with Crippen LogP contribution in [0.25, 0.3) is 11.3 Å². The van der Waals surface area contributed by atoms with E-state index in [1.54, 1.807) is 18.2 Å². The van der Waals surface area contributed by atoms with Crippen molar-refractivity contribution in [2.75, 3.05) is 5.73 Å². The second kappa shape index (κ2) is 3.94. The summed E-state index contributed by atoms with van der Waals surface area (Å²) in [6.45, 7) is 0. The van der Waals surface area contributed by atoms with Gasteiger partial charge in [-0.2, -0.15) is 0 Å². The molecule has 5 heteroatoms. The molecule has 3 nitrogen and oxygen atoms in total. The van der Waals surface area contributed by atoms with Crippen LogP contribution < -0.4 is 5.73 Å². The van der Waals surface area contributed by atoms with Gasteiger partial charge < -0.3 is 5.73 Å². The molecule has 1 aromatic heterocycles. The van der Waals surface area contributed by atoms with Crippen LogP contribution in [0.4, 0.5) is 10.2 Å². The Hall–Kier alpha value is -1.49. The van der Waals surface area contributed by atoms with E-state index < -0.39 is 0 Å². The maximum absolute atomic E-state index is 12.8. The van der Waals surface area contributed by atoms with Gasteiger partial charge in [0.05, 0.1) is 5.69 Å². The maximum Gasteiger partial charge on any atom is 0.146 e. The predicted molar refractivity (Wildman–Crippen MR) is 59.5 cm³/mol. The molecule has 1 aromatic carbocycles. The zero-order valence-electron chi connectivity index (χ0n) is 7.61. The van der Waals surface area contributed by atoms with Crippen LogP contribution in [0.3, 0.4) is 0 Å². The molecule has 76 valence electrons. The molecule has 2 rings (SSSR count). The SMILES string of the molecule is Nc1ccc(-c2ccc(F)cc2Br)nn1. The van der Waals surface area contributed by atoms with Crippen molar-refractivity contribution in [1.29, 1.82) is 0 Å². The van der Waals surface area contributed by atoms with Crippen molar-refractivity contribution in [3.8, 4) is 11.3 Å². The molecule has 0 bridgehead atoms. The zero-order valence-corrected chi connectivity index (χ0v) is 9.20. The molecule has 0 aliphatic carbocycles. The fraction of sp³-hybridized carbons (Fsp3) is 0. The minimum atomic E-state index is -0.297. The van der Waals surface area contributed by atoms with E-state index in [9.17, 15) is 4.39 Å². The van der Waals surface area contributed by atoms with E-state index in [4.69, 9.17) is 5.73 Å². The molecule has 0 amide bonds. The molecule has 0 unspecified atom stereocenters. The average Bonchev–Trinajstić information content (AvgIpc) is 2.20. The van der Waals surface area contributed by atoms with Gasteiger partial charge in [0, 0.05) is 10.0 Å². The fourth-order valence-corrected chi connectivity index (χ4v) is 1.74. The van der Waals surface area contributed by atoms with Crippen LogP contribution in [-0.4, -0.2) is 10.2 Å². The van der Waals surface area contributed by atoms with E-state index in [0.717, 1.165) is 5.56 Å². The molecule has 15 heavy (non-hydrogen) atoms. The zero-order chi connectivity index (χ0) is 10.8. The average molecular weight is 268 g/mol. The van der Waals surface area contributed by atoms with E-state index in [-0.39, 0.29) is 5.82 Å². The summed E-state index contributed by atoms with van der Waals surface area (Å²) in [5.41, 5.74) is 6.85. The number of hydrogen-bond donors (Lipinski definition) is 1. The van der Waals surface area contributed by atoms with Gasteiger partial charge in [0.2, 0.25) is 0 Å². The highest BCUT2D eigenvalue weighted by atomic mass is 79.9. The number of aromatic nitrogens is 2. The van der Waals surface area contributed by atoms with Crippen LogP contribution in [0.5, 0.6) is 0 Å². The molecule has 1 heterocycles. The highest BCUT2D eigenvalue weighted by Crippen LogP contribution is 2.26. The van der Waals surface area contributed by atoms with E-state index in [1.807, 2.05) is 0 Å². The highest BCUT2D eigenvalue weighted by molar-refractivity contribution is 9.10. The quantitative estimate of drug-likeness (QED) is 0.864. The molecule has 0 radical (unpaired) electrons. The van der Waals surface area contributed by atoms with Crippen molar-refractivity contribution in [3.05, 3.63) is 40.6 Å². The Morgan fingerprint density at radius 2 is 1.93 bits per heavy atom. The van der Waals surface area contributed by atoms with Crippen LogP contribution in [0.15, 0.2) is 34.8 Å². The number of halogens is 2. The standard InChI is InChI=1S/C10H7BrFN3/c11-8-5-6(12)1-2-7(8)9-3-4-10(13)15-14-9/h1-5H,(H2,13,15). The first-order valence-electron chi connectivity index (χ1n) is 4.21. The molecule has 0 aliphatic rings. The van der Waals surface area contributed by atoms with Crippen molar-refractivity contribution < 1.29 is 4.39 Å². The van der Waals surface area contributed by atoms with Gasteiger partial charge in [-0.1, -0.05) is 0 Å². The number of nitrogens with two attached hydrogens (primary N) is 1. The molecule has 0 spiro atoms. The monoisotopic (exact) mass is 267 g/mol. The first-order chi connectivity index (χ1) is 7.16. The number of hydrogen-bond acceptors (Lipinski definition) is 3. The smallest absolute Gasteiger partial charge is 0.146 e. The summed E-state index contributed by atoms with van der Waals surface area (Å²) in [6, 6.07) is 7.78. The summed E-state index contributed by atoms with van der Waals surface area (Å²) in [5.74, 6) is 0.0611. The first-order valence-corrected chi connectivity index (χ1v) is 5.01. The molecule has 0 saturated carbocycles. The normalized spacial score (nSPS) is 10.3. The van der Waals surface area contributed by atoms with Gasteiger partial charge in [0.15, 0.2) is 0 Å². The Kier molecular flexibility index (Phi) is 2.64. The van der Waals surface area contributed by atoms with Crippen molar-refractivity contribution >= 4 is 21.7 Å². The van der Waals surface area contributed by atoms with Gasteiger partial charge in [-0.25, -0.2) is 4.39 Å². The predicted octanol–water partition coefficient (Wildman–Crippen LogP) is 2.63. The third-order valence-corrected chi connectivity index (χ3v) is 2.55. The van der Waals surface area contributed by atoms with Gasteiger partial charge in [-0.15, -0.1) is 10.2 Å². The molecule has 2 N–H and O–H groups in total. The number of benzene rings is 1. The number of nitrogen functional groups attached to an aromatic ring is 1. The van der Waals surface area contributed by atoms with Gasteiger partial charge in [0.1, 0.15) is 11.6 Å². The summed E-state index contributed by atoms with van der Waals surface area (Å²) in [5, 5.41) is 7.64. The third kappa shape index (κ3) is 2.12. The van der Waals surface area contributed by atoms with Gasteiger partial charge >= 0.3 is 0 Å². The van der Waals surface area contributed by atoms with Crippen LogP contribution in [0, 0.1) is 5.82 Å². The lowest BCUT2D eigenvalue weighted by Crippen LogP contribution is -1.94. The largest absolute Gasteiger partial charge is 0.382 e. The van der Waals surface area contributed by atoms with Crippen molar-refractivity contribution in [2.45, 2.75) is 0 Å². The Morgan fingerprint density at radius 1 is 1.13 bits per heavy atom. The topological polar surface area (TPSA) is 51.8 Å². The van der Waals surface area contributed by atoms with E-state index in [0.29, 0.717) is 16.0 Å². The summed E-state index contributed by atoms with van der Waals surface area (Å²) in [7, 11) is 0. The molecule has 2 aromatic rings. The number of anilines is 1. The van der Waals surface area contributed by atoms with Crippen molar-refractivity contribution in [3.63, 3.8) is 0 Å². The highest BCUT2D eigenvalue weighted by Gasteiger charge is 2.05. The number of rotatable bonds is 1. The van der Waals surface area contributed by atoms with Crippen LogP contribution in [-0.2, 0) is 0 Å². The van der Waals surface area contributed by atoms with E-state index in [1.165, 1.54) is 12.1 Å². The van der Waals surface area contributed by atoms with Gasteiger partial charge in [-0.3, -0.25) is 0 Å². The third-order valence-electron chi connectivity index (χ3n) is 1.89. The van der Waals surface area contributed by atoms with Crippen LogP contribution in [0.1, 0.15) is 0 Å². The minimum Gasteiger partial charge on any atom is -0.382 e. The lowest BCUT2D eigenvalue weighted by atomic mass is 10.1. The van der Waals surface area contributed by atoms with Gasteiger partial charge in [0.25, 0.3) is 0 Å². The minimum absolute atomic E-state index is 0.297. The van der Waals surface area contributed by atoms with Crippen LogP contribution >= 0.6 is 15.9 Å². The summed E-state index contributed by atoms with van der Waals surface area (Å²) in [6.07, 6.45) is 0. The lowest BCUT2D eigenvalue weighted by Gasteiger charge is -2.02. The molecular weight excluding hydrogens is 261 g/mol. The molecule has 0 aliphatic heterocycles. The summed E-state index contributed by atoms with van der Waals surface area (Å²) in [4.78, 5) is 0. The number of nitrogens with zero attached hydrogens (tertiary/aromatic N) is 2. The first kappa shape index (κ1) is 10.0. The Balaban J connectivity index is 2.49. The Bertz CT molecular complexity index is 485. The molecule has 0 saturated heterocycles. The molecule has 0 fully saturated rings.